The van der Waals surface area contributed by atoms with Crippen LogP contribution in [0.1, 0.15) is 25.5 Å². The largest absolute Gasteiger partial charge is 0.491 e. The van der Waals surface area contributed by atoms with Crippen molar-refractivity contribution in [3.8, 4) is 5.75 Å². The molecule has 0 radical (unpaired) electrons. The summed E-state index contributed by atoms with van der Waals surface area (Å²) in [5.74, 6) is -2.78. The lowest BCUT2D eigenvalue weighted by atomic mass is 9.97. The summed E-state index contributed by atoms with van der Waals surface area (Å²) in [6.45, 7) is 4.88. The number of alkyl halides is 2. The number of piperazine rings is 1. The van der Waals surface area contributed by atoms with Gasteiger partial charge in [0.25, 0.3) is 5.92 Å². The van der Waals surface area contributed by atoms with Crippen LogP contribution in [0.4, 0.5) is 8.78 Å². The summed E-state index contributed by atoms with van der Waals surface area (Å²) in [6, 6.07) is 5.68. The third kappa shape index (κ3) is 3.94. The lowest BCUT2D eigenvalue weighted by molar-refractivity contribution is -0.119. The van der Waals surface area contributed by atoms with Crippen LogP contribution in [0.5, 0.6) is 5.75 Å². The summed E-state index contributed by atoms with van der Waals surface area (Å²) in [4.78, 5) is 1.72. The minimum Gasteiger partial charge on any atom is -0.491 e. The predicted molar refractivity (Wildman–Crippen MR) is 81.4 cm³/mol. The van der Waals surface area contributed by atoms with Crippen molar-refractivity contribution in [2.75, 3.05) is 32.8 Å². The fourth-order valence-electron chi connectivity index (χ4n) is 2.79. The number of nitrogens with one attached hydrogen (secondary N) is 1. The molecule has 1 aromatic carbocycles. The number of halogens is 2. The molecule has 0 aliphatic carbocycles. The summed E-state index contributed by atoms with van der Waals surface area (Å²) in [6.07, 6.45) is -0.104. The molecule has 0 aromatic heterocycles. The zero-order valence-corrected chi connectivity index (χ0v) is 13.1. The van der Waals surface area contributed by atoms with E-state index in [0.717, 1.165) is 0 Å². The molecule has 124 valence electrons. The van der Waals surface area contributed by atoms with Crippen LogP contribution in [0, 0.1) is 0 Å². The van der Waals surface area contributed by atoms with Gasteiger partial charge in [0.1, 0.15) is 18.4 Å². The van der Waals surface area contributed by atoms with Gasteiger partial charge in [-0.2, -0.15) is 0 Å². The molecule has 2 N–H and O–H groups in total. The molecule has 2 rings (SSSR count). The van der Waals surface area contributed by atoms with Crippen LogP contribution in [0.25, 0.3) is 0 Å². The van der Waals surface area contributed by atoms with Gasteiger partial charge in [-0.05, 0) is 19.9 Å². The number of para-hydroxylation sites is 1. The van der Waals surface area contributed by atoms with Crippen molar-refractivity contribution >= 4 is 0 Å². The normalized spacial score (nSPS) is 18.5. The number of hydrogen-bond donors (Lipinski definition) is 2. The standard InChI is InChI=1S/C16H24F2N2O2/c1-12(2)22-14-6-4-3-5-13(14)15(16(17,18)11-21)20-9-7-19-8-10-20/h3-6,12,15,19,21H,7-11H2,1-2H3/t15-/m0/s1. The molecule has 1 fully saturated rings. The van der Waals surface area contributed by atoms with E-state index in [4.69, 9.17) is 4.74 Å². The van der Waals surface area contributed by atoms with Crippen LogP contribution in [-0.4, -0.2) is 54.8 Å². The summed E-state index contributed by atoms with van der Waals surface area (Å²) < 4.78 is 34.6. The van der Waals surface area contributed by atoms with Crippen LogP contribution in [0.3, 0.4) is 0 Å². The molecule has 0 bridgehead atoms. The second-order valence-electron chi connectivity index (χ2n) is 5.81. The number of hydrogen-bond acceptors (Lipinski definition) is 4. The number of benzene rings is 1. The smallest absolute Gasteiger partial charge is 0.290 e. The summed E-state index contributed by atoms with van der Waals surface area (Å²) in [5, 5.41) is 12.4. The van der Waals surface area contributed by atoms with Gasteiger partial charge in [-0.15, -0.1) is 0 Å². The minimum atomic E-state index is -3.23. The molecule has 1 aliphatic rings. The van der Waals surface area contributed by atoms with Crippen molar-refractivity contribution in [1.29, 1.82) is 0 Å². The van der Waals surface area contributed by atoms with E-state index < -0.39 is 18.6 Å². The van der Waals surface area contributed by atoms with E-state index in [1.54, 1.807) is 29.2 Å². The molecular weight excluding hydrogens is 290 g/mol. The molecule has 4 nitrogen and oxygen atoms in total. The van der Waals surface area contributed by atoms with Crippen LogP contribution in [-0.2, 0) is 0 Å². The molecule has 1 saturated heterocycles. The summed E-state index contributed by atoms with van der Waals surface area (Å²) >= 11 is 0. The first-order chi connectivity index (χ1) is 10.5. The fraction of sp³-hybridized carbons (Fsp3) is 0.625. The number of aliphatic hydroxyl groups is 1. The SMILES string of the molecule is CC(C)Oc1ccccc1[C@H](N1CCNCC1)C(F)(F)CO. The summed E-state index contributed by atoms with van der Waals surface area (Å²) in [7, 11) is 0. The van der Waals surface area contributed by atoms with Crippen molar-refractivity contribution in [2.24, 2.45) is 0 Å². The Labute approximate surface area is 130 Å². The van der Waals surface area contributed by atoms with Crippen molar-refractivity contribution in [3.05, 3.63) is 29.8 Å². The van der Waals surface area contributed by atoms with Gasteiger partial charge < -0.3 is 15.2 Å². The van der Waals surface area contributed by atoms with Gasteiger partial charge >= 0.3 is 0 Å². The van der Waals surface area contributed by atoms with Crippen molar-refractivity contribution < 1.29 is 18.6 Å². The van der Waals surface area contributed by atoms with E-state index in [9.17, 15) is 13.9 Å². The molecular formula is C16H24F2N2O2. The molecule has 0 amide bonds. The van der Waals surface area contributed by atoms with Gasteiger partial charge in [0, 0.05) is 31.7 Å². The van der Waals surface area contributed by atoms with Crippen LogP contribution >= 0.6 is 0 Å². The molecule has 0 saturated carbocycles. The van der Waals surface area contributed by atoms with E-state index in [1.807, 2.05) is 13.8 Å². The average Bonchev–Trinajstić information content (AvgIpc) is 2.49. The lowest BCUT2D eigenvalue weighted by Crippen LogP contribution is -2.51. The number of rotatable bonds is 6. The third-order valence-corrected chi connectivity index (χ3v) is 3.70. The molecule has 1 aromatic rings. The van der Waals surface area contributed by atoms with E-state index in [-0.39, 0.29) is 6.10 Å². The molecule has 1 atom stereocenters. The number of ether oxygens (including phenoxy) is 1. The second kappa shape index (κ2) is 7.35. The van der Waals surface area contributed by atoms with Gasteiger partial charge in [-0.25, -0.2) is 8.78 Å². The van der Waals surface area contributed by atoms with E-state index in [1.165, 1.54) is 0 Å². The van der Waals surface area contributed by atoms with Gasteiger partial charge in [-0.1, -0.05) is 18.2 Å². The average molecular weight is 314 g/mol. The highest BCUT2D eigenvalue weighted by Gasteiger charge is 2.45. The Balaban J connectivity index is 2.40. The number of nitrogens with zero attached hydrogens (tertiary/aromatic N) is 1. The van der Waals surface area contributed by atoms with Crippen LogP contribution in [0.2, 0.25) is 0 Å². The van der Waals surface area contributed by atoms with Crippen LogP contribution < -0.4 is 10.1 Å². The van der Waals surface area contributed by atoms with Gasteiger partial charge in [0.15, 0.2) is 0 Å². The Kier molecular flexibility index (Phi) is 5.72. The first-order valence-corrected chi connectivity index (χ1v) is 7.64. The van der Waals surface area contributed by atoms with E-state index >= 15 is 0 Å². The monoisotopic (exact) mass is 314 g/mol. The maximum Gasteiger partial charge on any atom is 0.290 e. The van der Waals surface area contributed by atoms with E-state index in [0.29, 0.717) is 37.5 Å². The highest BCUT2D eigenvalue weighted by molar-refractivity contribution is 5.37. The highest BCUT2D eigenvalue weighted by atomic mass is 19.3. The Morgan fingerprint density at radius 3 is 2.50 bits per heavy atom. The van der Waals surface area contributed by atoms with E-state index in [2.05, 4.69) is 5.32 Å². The Morgan fingerprint density at radius 1 is 1.27 bits per heavy atom. The maximum atomic E-state index is 14.4. The zero-order chi connectivity index (χ0) is 16.2. The predicted octanol–water partition coefficient (Wildman–Crippen LogP) is 2.05. The Bertz CT molecular complexity index is 477. The minimum absolute atomic E-state index is 0.104. The van der Waals surface area contributed by atoms with Crippen molar-refractivity contribution in [1.82, 2.24) is 10.2 Å². The van der Waals surface area contributed by atoms with Crippen molar-refractivity contribution in [2.45, 2.75) is 31.9 Å². The Morgan fingerprint density at radius 2 is 1.91 bits per heavy atom. The molecule has 22 heavy (non-hydrogen) atoms. The van der Waals surface area contributed by atoms with Crippen molar-refractivity contribution in [3.63, 3.8) is 0 Å². The first-order valence-electron chi connectivity index (χ1n) is 7.64. The van der Waals surface area contributed by atoms with Gasteiger partial charge in [0.2, 0.25) is 0 Å². The molecule has 1 heterocycles. The second-order valence-corrected chi connectivity index (χ2v) is 5.81. The third-order valence-electron chi connectivity index (χ3n) is 3.70. The molecule has 0 unspecified atom stereocenters. The molecule has 0 spiro atoms. The topological polar surface area (TPSA) is 44.7 Å². The fourth-order valence-corrected chi connectivity index (χ4v) is 2.79. The quantitative estimate of drug-likeness (QED) is 0.843. The highest BCUT2D eigenvalue weighted by Crippen LogP contribution is 2.40. The summed E-state index contributed by atoms with van der Waals surface area (Å²) in [5.41, 5.74) is 0.428. The van der Waals surface area contributed by atoms with Gasteiger partial charge in [0.05, 0.1) is 6.10 Å². The zero-order valence-electron chi connectivity index (χ0n) is 13.1. The molecule has 6 heteroatoms. The van der Waals surface area contributed by atoms with Gasteiger partial charge in [-0.3, -0.25) is 4.90 Å². The first kappa shape index (κ1) is 17.1. The number of aliphatic hydroxyl groups excluding tert-OH is 1. The maximum absolute atomic E-state index is 14.4. The Hall–Kier alpha value is -1.24. The lowest BCUT2D eigenvalue weighted by Gasteiger charge is -2.39. The molecule has 1 aliphatic heterocycles. The van der Waals surface area contributed by atoms with Crippen LogP contribution in [0.15, 0.2) is 24.3 Å².